The molecule has 7 N–H and O–H groups in total. The van der Waals surface area contributed by atoms with Gasteiger partial charge in [-0.2, -0.15) is 0 Å². The lowest BCUT2D eigenvalue weighted by Crippen LogP contribution is -2.56. The van der Waals surface area contributed by atoms with Gasteiger partial charge in [0.1, 0.15) is 30.2 Å². The molecule has 4 aromatic carbocycles. The third-order valence-corrected chi connectivity index (χ3v) is 14.0. The summed E-state index contributed by atoms with van der Waals surface area (Å²) in [6.07, 6.45) is 1.89. The first-order chi connectivity index (χ1) is 34.1. The number of rotatable bonds is 17. The van der Waals surface area contributed by atoms with Crippen LogP contribution >= 0.6 is 0 Å². The Hall–Kier alpha value is -7.14. The van der Waals surface area contributed by atoms with Gasteiger partial charge in [-0.15, -0.1) is 0 Å². The van der Waals surface area contributed by atoms with E-state index < -0.39 is 79.1 Å². The van der Waals surface area contributed by atoms with Crippen LogP contribution in [0.3, 0.4) is 0 Å². The summed E-state index contributed by atoms with van der Waals surface area (Å²) in [5, 5.41) is 33.8. The van der Waals surface area contributed by atoms with Crippen molar-refractivity contribution in [2.75, 3.05) is 40.4 Å². The maximum Gasteiger partial charge on any atom is 0.246 e. The molecule has 0 saturated carbocycles. The lowest BCUT2D eigenvalue weighted by Gasteiger charge is -2.29. The van der Waals surface area contributed by atoms with Gasteiger partial charge in [0, 0.05) is 38.3 Å². The topological polar surface area (TPSA) is 210 Å². The summed E-state index contributed by atoms with van der Waals surface area (Å²) in [4.78, 5) is 86.5. The fourth-order valence-corrected chi connectivity index (χ4v) is 10.4. The fraction of sp³-hybridized carbons (Fsp3) is 0.382. The quantitative estimate of drug-likeness (QED) is 0.0770. The number of nitrogens with one attached hydrogen (secondary N) is 5. The van der Waals surface area contributed by atoms with Gasteiger partial charge < -0.3 is 46.6 Å². The van der Waals surface area contributed by atoms with Crippen LogP contribution in [0.2, 0.25) is 0 Å². The first-order valence-electron chi connectivity index (χ1n) is 24.0. The van der Waals surface area contributed by atoms with Gasteiger partial charge in [-0.1, -0.05) is 109 Å². The molecule has 362 valence electrons. The summed E-state index contributed by atoms with van der Waals surface area (Å²) in [6.45, 7) is -0.456. The summed E-state index contributed by atoms with van der Waals surface area (Å²) in [5.41, 5.74) is 8.33. The predicted octanol–water partition coefficient (Wildman–Crippen LogP) is 2.54. The Kier molecular flexibility index (Phi) is 15.9. The van der Waals surface area contributed by atoms with Crippen LogP contribution in [-0.2, 0) is 28.8 Å². The second kappa shape index (κ2) is 22.5. The summed E-state index contributed by atoms with van der Waals surface area (Å²) >= 11 is 0. The van der Waals surface area contributed by atoms with Gasteiger partial charge in [0.25, 0.3) is 0 Å². The lowest BCUT2D eigenvalue weighted by molar-refractivity contribution is -0.141. The Bertz CT molecular complexity index is 2490. The summed E-state index contributed by atoms with van der Waals surface area (Å²) in [7, 11) is 3.02. The van der Waals surface area contributed by atoms with E-state index in [-0.39, 0.29) is 43.4 Å². The highest BCUT2D eigenvalue weighted by Gasteiger charge is 2.42. The Morgan fingerprint density at radius 1 is 0.571 bits per heavy atom. The number of likely N-dealkylation sites (tertiary alicyclic amines) is 2. The largest absolute Gasteiger partial charge is 0.394 e. The second-order valence-corrected chi connectivity index (χ2v) is 18.1. The number of carbonyl (C=O) groups is 6. The molecule has 2 fully saturated rings. The zero-order valence-electron chi connectivity index (χ0n) is 39.4. The highest BCUT2D eigenvalue weighted by Crippen LogP contribution is 2.47. The molecule has 0 spiro atoms. The second-order valence-electron chi connectivity index (χ2n) is 18.1. The van der Waals surface area contributed by atoms with Crippen molar-refractivity contribution in [3.63, 3.8) is 0 Å². The number of hydrogen-bond donors (Lipinski definition) is 7. The summed E-state index contributed by atoms with van der Waals surface area (Å²) in [6, 6.07) is 25.6. The number of ketones is 1. The van der Waals surface area contributed by atoms with E-state index in [1.54, 1.807) is 0 Å². The standard InChI is InChI=1S/C55H59N7O8/c1-56-45(32-63)51(66)58-43(54(69)61-29-15-27-47(61)49(65)31-42-38-21-9-7-17-34(38)35-18-8-10-22-39(35)42)25-5-3-4-6-26-44(59-52(67)46(33-64)57-2)55(70)62-30-16-28-48(62)53(68)60-50-40-23-13-11-19-36(40)37-20-12-14-24-41(37)50/h7-14,17-24,42-48,50,56-57,63-64H,15-16,25-33H2,1-2H3,(H,58,66)(H,59,67)(H,60,68)/t43-,44-,45-,46-,47-,48-/m0/s1. The van der Waals surface area contributed by atoms with E-state index in [4.69, 9.17) is 0 Å². The number of fused-ring (bicyclic) bond motifs is 6. The first-order valence-corrected chi connectivity index (χ1v) is 24.0. The van der Waals surface area contributed by atoms with Crippen LogP contribution in [0.5, 0.6) is 0 Å². The molecule has 0 radical (unpaired) electrons. The molecule has 6 atom stereocenters. The highest BCUT2D eigenvalue weighted by atomic mass is 16.3. The highest BCUT2D eigenvalue weighted by molar-refractivity contribution is 5.96. The molecule has 8 rings (SSSR count). The van der Waals surface area contributed by atoms with Crippen molar-refractivity contribution in [2.45, 2.75) is 93.2 Å². The Morgan fingerprint density at radius 3 is 1.41 bits per heavy atom. The van der Waals surface area contributed by atoms with E-state index in [0.29, 0.717) is 32.2 Å². The molecule has 2 aliphatic heterocycles. The van der Waals surface area contributed by atoms with Crippen LogP contribution in [0.25, 0.3) is 22.3 Å². The number of nitrogens with zero attached hydrogens (tertiary/aromatic N) is 2. The Labute approximate surface area is 408 Å². The van der Waals surface area contributed by atoms with Crippen LogP contribution in [-0.4, -0.2) is 132 Å². The van der Waals surface area contributed by atoms with Crippen molar-refractivity contribution >= 4 is 35.3 Å². The van der Waals surface area contributed by atoms with Gasteiger partial charge in [0.2, 0.25) is 29.5 Å². The summed E-state index contributed by atoms with van der Waals surface area (Å²) in [5.74, 6) is 8.37. The molecule has 2 heterocycles. The van der Waals surface area contributed by atoms with Crippen molar-refractivity contribution in [3.8, 4) is 45.9 Å². The van der Waals surface area contributed by atoms with Gasteiger partial charge in [0.15, 0.2) is 5.78 Å². The Balaban J connectivity index is 0.963. The van der Waals surface area contributed by atoms with Crippen molar-refractivity contribution in [1.29, 1.82) is 0 Å². The fourth-order valence-electron chi connectivity index (χ4n) is 10.4. The SMILES string of the molecule is CN[C@@H](CO)C(=O)N[C@@H](CC#CC#CC[C@H](NC(=O)[C@H](CO)NC)C(=O)N1CCC[C@H]1C(=O)NC1c2ccccc2-c2ccccc21)C(=O)N1CCC[C@H]1C(=O)CC1c2ccccc2-c2ccccc21. The van der Waals surface area contributed by atoms with Gasteiger partial charge >= 0.3 is 0 Å². The van der Waals surface area contributed by atoms with E-state index in [9.17, 15) is 39.0 Å². The average Bonchev–Trinajstić information content (AvgIpc) is 4.20. The minimum Gasteiger partial charge on any atom is -0.394 e. The normalized spacial score (nSPS) is 18.3. The monoisotopic (exact) mass is 945 g/mol. The number of carbonyl (C=O) groups excluding carboxylic acids is 6. The molecular weight excluding hydrogens is 887 g/mol. The lowest BCUT2D eigenvalue weighted by atomic mass is 9.89. The maximum absolute atomic E-state index is 14.4. The summed E-state index contributed by atoms with van der Waals surface area (Å²) < 4.78 is 0. The van der Waals surface area contributed by atoms with Crippen LogP contribution < -0.4 is 26.6 Å². The van der Waals surface area contributed by atoms with E-state index in [1.165, 1.54) is 23.9 Å². The van der Waals surface area contributed by atoms with E-state index >= 15 is 0 Å². The minimum absolute atomic E-state index is 0.0738. The van der Waals surface area contributed by atoms with Gasteiger partial charge in [-0.3, -0.25) is 28.8 Å². The molecule has 5 amide bonds. The van der Waals surface area contributed by atoms with Gasteiger partial charge in [-0.25, -0.2) is 0 Å². The van der Waals surface area contributed by atoms with Crippen molar-refractivity contribution < 1.29 is 39.0 Å². The maximum atomic E-state index is 14.4. The number of likely N-dealkylation sites (N-methyl/N-ethyl adjacent to an activating group) is 2. The number of hydrogen-bond acceptors (Lipinski definition) is 10. The minimum atomic E-state index is -1.20. The van der Waals surface area contributed by atoms with Crippen LogP contribution in [0, 0.1) is 23.7 Å². The van der Waals surface area contributed by atoms with Crippen molar-refractivity contribution in [1.82, 2.24) is 36.4 Å². The molecule has 0 bridgehead atoms. The number of aliphatic hydroxyl groups excluding tert-OH is 2. The van der Waals surface area contributed by atoms with E-state index in [0.717, 1.165) is 44.5 Å². The molecule has 0 aromatic heterocycles. The van der Waals surface area contributed by atoms with Gasteiger partial charge in [-0.05, 0) is 96.1 Å². The van der Waals surface area contributed by atoms with Crippen LogP contribution in [0.15, 0.2) is 97.1 Å². The average molecular weight is 946 g/mol. The van der Waals surface area contributed by atoms with E-state index in [2.05, 4.69) is 62.4 Å². The molecule has 4 aromatic rings. The third kappa shape index (κ3) is 10.3. The molecule has 4 aliphatic rings. The molecule has 2 saturated heterocycles. The molecule has 70 heavy (non-hydrogen) atoms. The smallest absolute Gasteiger partial charge is 0.246 e. The van der Waals surface area contributed by atoms with E-state index in [1.807, 2.05) is 84.9 Å². The van der Waals surface area contributed by atoms with Crippen LogP contribution in [0.1, 0.15) is 79.2 Å². The molecular formula is C55H59N7O8. The molecule has 2 aliphatic carbocycles. The third-order valence-electron chi connectivity index (χ3n) is 14.0. The number of aliphatic hydroxyl groups is 2. The van der Waals surface area contributed by atoms with Crippen LogP contribution in [0.4, 0.5) is 0 Å². The number of Topliss-reactive ketones (excluding diaryl/α,β-unsaturated/α-hetero) is 1. The predicted molar refractivity (Wildman–Crippen MR) is 263 cm³/mol. The molecule has 0 unspecified atom stereocenters. The zero-order chi connectivity index (χ0) is 49.3. The molecule has 15 heteroatoms. The molecule has 15 nitrogen and oxygen atoms in total. The van der Waals surface area contributed by atoms with Gasteiger partial charge in [0.05, 0.1) is 25.3 Å². The number of benzene rings is 4. The van der Waals surface area contributed by atoms with Crippen molar-refractivity contribution in [3.05, 3.63) is 119 Å². The first kappa shape index (κ1) is 49.3. The number of amides is 5. The van der Waals surface area contributed by atoms with Crippen molar-refractivity contribution in [2.24, 2.45) is 0 Å². The zero-order valence-corrected chi connectivity index (χ0v) is 39.4. The Morgan fingerprint density at radius 2 is 0.971 bits per heavy atom.